The molecule has 3 nitrogen and oxygen atoms in total. The lowest BCUT2D eigenvalue weighted by Gasteiger charge is -2.06. The minimum Gasteiger partial charge on any atom is -0.326 e. The molecule has 0 fully saturated rings. The fourth-order valence-electron chi connectivity index (χ4n) is 1.56. The Morgan fingerprint density at radius 3 is 2.87 bits per heavy atom. The molecule has 0 saturated heterocycles. The number of hydrogen-bond donors (Lipinski definition) is 1. The predicted octanol–water partition coefficient (Wildman–Crippen LogP) is 1.75. The van der Waals surface area contributed by atoms with Crippen molar-refractivity contribution in [2.75, 3.05) is 0 Å². The molecular weight excluding hydrogens is 188 g/mol. The molecule has 0 spiro atoms. The molecule has 15 heavy (non-hydrogen) atoms. The molecule has 0 aliphatic heterocycles. The molecule has 2 rings (SSSR count). The maximum Gasteiger partial charge on any atom is 0.166 e. The van der Waals surface area contributed by atoms with Crippen molar-refractivity contribution >= 4 is 6.29 Å². The molecule has 1 aromatic carbocycles. The van der Waals surface area contributed by atoms with Crippen LogP contribution in [-0.4, -0.2) is 10.9 Å². The summed E-state index contributed by atoms with van der Waals surface area (Å²) in [5.41, 5.74) is 8.22. The summed E-state index contributed by atoms with van der Waals surface area (Å²) >= 11 is 0. The smallest absolute Gasteiger partial charge is 0.166 e. The minimum absolute atomic E-state index is 0.505. The minimum atomic E-state index is 0.505. The summed E-state index contributed by atoms with van der Waals surface area (Å²) in [5.74, 6) is 0. The first-order chi connectivity index (χ1) is 7.35. The van der Waals surface area contributed by atoms with Crippen molar-refractivity contribution < 1.29 is 4.79 Å². The Hall–Kier alpha value is -1.87. The van der Waals surface area contributed by atoms with Crippen LogP contribution in [0, 0.1) is 0 Å². The summed E-state index contributed by atoms with van der Waals surface area (Å²) in [6.07, 6.45) is 2.70. The van der Waals surface area contributed by atoms with E-state index in [2.05, 4.69) is 0 Å². The van der Waals surface area contributed by atoms with Gasteiger partial charge in [-0.05, 0) is 29.8 Å². The van der Waals surface area contributed by atoms with Crippen molar-refractivity contribution in [3.8, 4) is 5.69 Å². The Labute approximate surface area is 88.1 Å². The summed E-state index contributed by atoms with van der Waals surface area (Å²) in [5, 5.41) is 0. The molecule has 2 aromatic rings. The van der Waals surface area contributed by atoms with Gasteiger partial charge in [-0.3, -0.25) is 4.79 Å². The third kappa shape index (κ3) is 1.82. The lowest BCUT2D eigenvalue weighted by Crippen LogP contribution is -2.00. The summed E-state index contributed by atoms with van der Waals surface area (Å²) in [6, 6.07) is 11.5. The Balaban J connectivity index is 2.48. The molecule has 3 heteroatoms. The highest BCUT2D eigenvalue weighted by atomic mass is 16.1. The zero-order valence-electron chi connectivity index (χ0n) is 8.26. The lowest BCUT2D eigenvalue weighted by atomic mass is 10.2. The average molecular weight is 200 g/mol. The van der Waals surface area contributed by atoms with E-state index in [1.54, 1.807) is 6.07 Å². The summed E-state index contributed by atoms with van der Waals surface area (Å²) in [4.78, 5) is 10.8. The maximum atomic E-state index is 10.8. The van der Waals surface area contributed by atoms with Gasteiger partial charge < -0.3 is 10.3 Å². The zero-order chi connectivity index (χ0) is 10.7. The van der Waals surface area contributed by atoms with Gasteiger partial charge in [0, 0.05) is 18.4 Å². The first kappa shape index (κ1) is 9.68. The van der Waals surface area contributed by atoms with E-state index >= 15 is 0 Å². The van der Waals surface area contributed by atoms with E-state index in [0.717, 1.165) is 17.5 Å². The summed E-state index contributed by atoms with van der Waals surface area (Å²) < 4.78 is 1.84. The van der Waals surface area contributed by atoms with Crippen LogP contribution in [0.5, 0.6) is 0 Å². The first-order valence-electron chi connectivity index (χ1n) is 4.77. The molecular formula is C12H12N2O. The first-order valence-corrected chi connectivity index (χ1v) is 4.77. The number of carbonyl (C=O) groups excluding carboxylic acids is 1. The Bertz CT molecular complexity index is 474. The normalized spacial score (nSPS) is 10.2. The highest BCUT2D eigenvalue weighted by molar-refractivity contribution is 5.73. The van der Waals surface area contributed by atoms with E-state index in [0.29, 0.717) is 12.2 Å². The van der Waals surface area contributed by atoms with Gasteiger partial charge in [0.25, 0.3) is 0 Å². The third-order valence-electron chi connectivity index (χ3n) is 2.33. The Morgan fingerprint density at radius 1 is 1.27 bits per heavy atom. The molecule has 0 atom stereocenters. The lowest BCUT2D eigenvalue weighted by molar-refractivity contribution is 0.111. The van der Waals surface area contributed by atoms with Crippen LogP contribution >= 0.6 is 0 Å². The van der Waals surface area contributed by atoms with Crippen LogP contribution < -0.4 is 5.73 Å². The SMILES string of the molecule is NCc1cccc(-n2cccc2C=O)c1. The fraction of sp³-hybridized carbons (Fsp3) is 0.0833. The van der Waals surface area contributed by atoms with Crippen molar-refractivity contribution in [1.29, 1.82) is 0 Å². The largest absolute Gasteiger partial charge is 0.326 e. The average Bonchev–Trinajstić information content (AvgIpc) is 2.77. The van der Waals surface area contributed by atoms with Crippen molar-refractivity contribution in [3.05, 3.63) is 53.9 Å². The molecule has 0 unspecified atom stereocenters. The number of aldehydes is 1. The van der Waals surface area contributed by atoms with E-state index in [1.807, 2.05) is 41.1 Å². The van der Waals surface area contributed by atoms with Crippen LogP contribution in [-0.2, 0) is 6.54 Å². The Kier molecular flexibility index (Phi) is 2.65. The second-order valence-corrected chi connectivity index (χ2v) is 3.29. The molecule has 1 aromatic heterocycles. The highest BCUT2D eigenvalue weighted by Gasteiger charge is 2.01. The van der Waals surface area contributed by atoms with Crippen LogP contribution in [0.25, 0.3) is 5.69 Å². The monoisotopic (exact) mass is 200 g/mol. The number of rotatable bonds is 3. The van der Waals surface area contributed by atoms with E-state index < -0.39 is 0 Å². The molecule has 0 radical (unpaired) electrons. The molecule has 0 bridgehead atoms. The third-order valence-corrected chi connectivity index (χ3v) is 2.33. The van der Waals surface area contributed by atoms with Crippen LogP contribution in [0.4, 0.5) is 0 Å². The van der Waals surface area contributed by atoms with Gasteiger partial charge in [-0.25, -0.2) is 0 Å². The van der Waals surface area contributed by atoms with Gasteiger partial charge >= 0.3 is 0 Å². The van der Waals surface area contributed by atoms with Gasteiger partial charge in [-0.15, -0.1) is 0 Å². The molecule has 2 N–H and O–H groups in total. The topological polar surface area (TPSA) is 48.0 Å². The predicted molar refractivity (Wildman–Crippen MR) is 59.0 cm³/mol. The van der Waals surface area contributed by atoms with Gasteiger partial charge in [0.15, 0.2) is 6.29 Å². The second kappa shape index (κ2) is 4.11. The molecule has 0 saturated carbocycles. The summed E-state index contributed by atoms with van der Waals surface area (Å²) in [7, 11) is 0. The fourth-order valence-corrected chi connectivity index (χ4v) is 1.56. The highest BCUT2D eigenvalue weighted by Crippen LogP contribution is 2.13. The van der Waals surface area contributed by atoms with Gasteiger partial charge in [-0.2, -0.15) is 0 Å². The van der Waals surface area contributed by atoms with E-state index in [4.69, 9.17) is 5.73 Å². The van der Waals surface area contributed by atoms with E-state index in [-0.39, 0.29) is 0 Å². The molecule has 0 aliphatic rings. The van der Waals surface area contributed by atoms with Crippen LogP contribution in [0.15, 0.2) is 42.6 Å². The van der Waals surface area contributed by atoms with Crippen LogP contribution in [0.1, 0.15) is 16.1 Å². The van der Waals surface area contributed by atoms with Crippen molar-refractivity contribution in [2.24, 2.45) is 5.73 Å². The van der Waals surface area contributed by atoms with Crippen molar-refractivity contribution in [3.63, 3.8) is 0 Å². The van der Waals surface area contributed by atoms with Crippen LogP contribution in [0.2, 0.25) is 0 Å². The number of carbonyl (C=O) groups is 1. The van der Waals surface area contributed by atoms with Crippen molar-refractivity contribution in [1.82, 2.24) is 4.57 Å². The van der Waals surface area contributed by atoms with Gasteiger partial charge in [-0.1, -0.05) is 12.1 Å². The second-order valence-electron chi connectivity index (χ2n) is 3.29. The van der Waals surface area contributed by atoms with Crippen molar-refractivity contribution in [2.45, 2.75) is 6.54 Å². The number of nitrogens with zero attached hydrogens (tertiary/aromatic N) is 1. The van der Waals surface area contributed by atoms with Gasteiger partial charge in [0.05, 0.1) is 5.69 Å². The number of benzene rings is 1. The molecule has 1 heterocycles. The van der Waals surface area contributed by atoms with E-state index in [1.165, 1.54) is 0 Å². The van der Waals surface area contributed by atoms with Gasteiger partial charge in [0.2, 0.25) is 0 Å². The standard InChI is InChI=1S/C12H12N2O/c13-8-10-3-1-4-11(7-10)14-6-2-5-12(14)9-15/h1-7,9H,8,13H2. The number of nitrogens with two attached hydrogens (primary N) is 1. The quantitative estimate of drug-likeness (QED) is 0.767. The van der Waals surface area contributed by atoms with E-state index in [9.17, 15) is 4.79 Å². The number of hydrogen-bond acceptors (Lipinski definition) is 2. The molecule has 0 amide bonds. The van der Waals surface area contributed by atoms with Crippen LogP contribution in [0.3, 0.4) is 0 Å². The zero-order valence-corrected chi connectivity index (χ0v) is 8.26. The Morgan fingerprint density at radius 2 is 2.13 bits per heavy atom. The maximum absolute atomic E-state index is 10.8. The summed E-state index contributed by atoms with van der Waals surface area (Å²) in [6.45, 7) is 0.505. The van der Waals surface area contributed by atoms with Gasteiger partial charge in [0.1, 0.15) is 0 Å². The molecule has 76 valence electrons. The number of aromatic nitrogens is 1. The molecule has 0 aliphatic carbocycles.